The lowest BCUT2D eigenvalue weighted by Gasteiger charge is -2.27. The number of carbonyl (C=O) groups excluding carboxylic acids is 2. The second kappa shape index (κ2) is 8.18. The maximum Gasteiger partial charge on any atom is 0.252 e. The van der Waals surface area contributed by atoms with Gasteiger partial charge in [-0.2, -0.15) is 0 Å². The number of carbonyl (C=O) groups is 2. The number of hydrogen-bond acceptors (Lipinski definition) is 3. The van der Waals surface area contributed by atoms with E-state index in [1.165, 1.54) is 0 Å². The fraction of sp³-hybridized carbons (Fsp3) is 0.529. The van der Waals surface area contributed by atoms with Crippen LogP contribution in [0.1, 0.15) is 44.5 Å². The van der Waals surface area contributed by atoms with E-state index in [0.717, 1.165) is 18.8 Å². The van der Waals surface area contributed by atoms with Gasteiger partial charge in [-0.3, -0.25) is 9.59 Å². The number of halogens is 1. The van der Waals surface area contributed by atoms with Crippen LogP contribution in [0.25, 0.3) is 0 Å². The van der Waals surface area contributed by atoms with E-state index >= 15 is 0 Å². The van der Waals surface area contributed by atoms with Crippen LogP contribution in [0, 0.1) is 0 Å². The summed E-state index contributed by atoms with van der Waals surface area (Å²) in [4.78, 5) is 26.4. The molecular weight excluding hydrogens is 300 g/mol. The lowest BCUT2D eigenvalue weighted by molar-refractivity contribution is -0.122. The van der Waals surface area contributed by atoms with E-state index in [1.807, 2.05) is 19.1 Å². The van der Waals surface area contributed by atoms with Crippen LogP contribution in [-0.2, 0) is 4.79 Å². The number of alkyl halides is 1. The summed E-state index contributed by atoms with van der Waals surface area (Å²) >= 11 is 5.63. The molecule has 0 heterocycles. The third-order valence-corrected chi connectivity index (χ3v) is 4.33. The van der Waals surface area contributed by atoms with E-state index in [1.54, 1.807) is 19.1 Å². The second-order valence-electron chi connectivity index (χ2n) is 5.42. The van der Waals surface area contributed by atoms with Gasteiger partial charge in [0.15, 0.2) is 5.78 Å². The zero-order valence-corrected chi connectivity index (χ0v) is 14.5. The van der Waals surface area contributed by atoms with Gasteiger partial charge in [-0.05, 0) is 51.5 Å². The van der Waals surface area contributed by atoms with Crippen molar-refractivity contribution in [3.8, 4) is 0 Å². The molecule has 1 rings (SSSR count). The Morgan fingerprint density at radius 2 is 1.68 bits per heavy atom. The maximum atomic E-state index is 12.3. The first kappa shape index (κ1) is 18.5. The number of Topliss-reactive ketones (excluding diaryl/α,β-unsaturated/α-hetero) is 1. The molecule has 122 valence electrons. The van der Waals surface area contributed by atoms with E-state index in [-0.39, 0.29) is 17.6 Å². The predicted molar refractivity (Wildman–Crippen MR) is 91.9 cm³/mol. The molecule has 22 heavy (non-hydrogen) atoms. The van der Waals surface area contributed by atoms with Crippen molar-refractivity contribution in [2.75, 3.05) is 23.9 Å². The van der Waals surface area contributed by atoms with Crippen molar-refractivity contribution in [2.45, 2.75) is 39.7 Å². The van der Waals surface area contributed by atoms with Gasteiger partial charge in [0.25, 0.3) is 5.91 Å². The Bertz CT molecular complexity index is 512. The highest BCUT2D eigenvalue weighted by atomic mass is 35.5. The van der Waals surface area contributed by atoms with Gasteiger partial charge in [-0.15, -0.1) is 11.6 Å². The van der Waals surface area contributed by atoms with E-state index in [4.69, 9.17) is 11.6 Å². The molecule has 0 spiro atoms. The van der Waals surface area contributed by atoms with Gasteiger partial charge >= 0.3 is 0 Å². The molecule has 1 unspecified atom stereocenters. The van der Waals surface area contributed by atoms with E-state index < -0.39 is 5.54 Å². The lowest BCUT2D eigenvalue weighted by atomic mass is 9.93. The van der Waals surface area contributed by atoms with Gasteiger partial charge in [0.2, 0.25) is 0 Å². The molecule has 1 atom stereocenters. The third kappa shape index (κ3) is 4.23. The summed E-state index contributed by atoms with van der Waals surface area (Å²) in [5, 5.41) is 2.80. The summed E-state index contributed by atoms with van der Waals surface area (Å²) in [6, 6.07) is 7.41. The number of nitrogens with one attached hydrogen (secondary N) is 1. The smallest absolute Gasteiger partial charge is 0.252 e. The van der Waals surface area contributed by atoms with E-state index in [0.29, 0.717) is 12.0 Å². The summed E-state index contributed by atoms with van der Waals surface area (Å²) in [6.45, 7) is 9.58. The second-order valence-corrected chi connectivity index (χ2v) is 5.68. The van der Waals surface area contributed by atoms with Crippen molar-refractivity contribution in [3.05, 3.63) is 29.8 Å². The zero-order chi connectivity index (χ0) is 16.8. The molecule has 0 saturated carbocycles. The quantitative estimate of drug-likeness (QED) is 0.747. The number of amides is 1. The number of rotatable bonds is 8. The predicted octanol–water partition coefficient (Wildman–Crippen LogP) is 3.24. The monoisotopic (exact) mass is 324 g/mol. The molecule has 1 aromatic carbocycles. The van der Waals surface area contributed by atoms with Crippen LogP contribution in [0.3, 0.4) is 0 Å². The summed E-state index contributed by atoms with van der Waals surface area (Å²) in [5.74, 6) is -0.537. The zero-order valence-electron chi connectivity index (χ0n) is 13.8. The maximum absolute atomic E-state index is 12.3. The fourth-order valence-electron chi connectivity index (χ4n) is 2.24. The Labute approximate surface area is 137 Å². The Balaban J connectivity index is 2.88. The molecule has 0 bridgehead atoms. The lowest BCUT2D eigenvalue weighted by Crippen LogP contribution is -2.52. The van der Waals surface area contributed by atoms with Gasteiger partial charge in [-0.25, -0.2) is 0 Å². The van der Waals surface area contributed by atoms with Crippen molar-refractivity contribution >= 4 is 29.0 Å². The number of hydrogen-bond donors (Lipinski definition) is 1. The molecule has 1 amide bonds. The number of nitrogens with zero attached hydrogens (tertiary/aromatic N) is 1. The average Bonchev–Trinajstić information content (AvgIpc) is 2.55. The van der Waals surface area contributed by atoms with Crippen molar-refractivity contribution in [2.24, 2.45) is 0 Å². The normalized spacial score (nSPS) is 13.3. The third-order valence-electron chi connectivity index (χ3n) is 4.09. The summed E-state index contributed by atoms with van der Waals surface area (Å²) in [5.41, 5.74) is 0.700. The van der Waals surface area contributed by atoms with Gasteiger partial charge in [0, 0.05) is 24.3 Å². The number of anilines is 1. The first-order chi connectivity index (χ1) is 10.4. The highest BCUT2D eigenvalue weighted by molar-refractivity contribution is 6.29. The Morgan fingerprint density at radius 1 is 1.14 bits per heavy atom. The summed E-state index contributed by atoms with van der Waals surface area (Å²) in [6.07, 6.45) is 0.502. The van der Waals surface area contributed by atoms with Crippen LogP contribution in [-0.4, -0.2) is 36.2 Å². The van der Waals surface area contributed by atoms with Crippen LogP contribution < -0.4 is 10.2 Å². The SMILES string of the molecule is CCN(CC)c1ccc(C(=O)NC(C)(CC)C(=O)CCl)cc1. The van der Waals surface area contributed by atoms with Crippen molar-refractivity contribution in [3.63, 3.8) is 0 Å². The van der Waals surface area contributed by atoms with Gasteiger partial charge < -0.3 is 10.2 Å². The first-order valence-corrected chi connectivity index (χ1v) is 8.22. The van der Waals surface area contributed by atoms with Crippen molar-refractivity contribution in [1.82, 2.24) is 5.32 Å². The summed E-state index contributed by atoms with van der Waals surface area (Å²) in [7, 11) is 0. The van der Waals surface area contributed by atoms with Crippen LogP contribution in [0.5, 0.6) is 0 Å². The van der Waals surface area contributed by atoms with E-state index in [2.05, 4.69) is 24.1 Å². The average molecular weight is 325 g/mol. The molecular formula is C17H25ClN2O2. The van der Waals surface area contributed by atoms with Crippen molar-refractivity contribution in [1.29, 1.82) is 0 Å². The highest BCUT2D eigenvalue weighted by Crippen LogP contribution is 2.17. The van der Waals surface area contributed by atoms with Crippen LogP contribution >= 0.6 is 11.6 Å². The molecule has 0 aromatic heterocycles. The minimum atomic E-state index is -0.920. The Morgan fingerprint density at radius 3 is 2.09 bits per heavy atom. The van der Waals surface area contributed by atoms with Crippen LogP contribution in [0.4, 0.5) is 5.69 Å². The minimum Gasteiger partial charge on any atom is -0.372 e. The topological polar surface area (TPSA) is 49.4 Å². The van der Waals surface area contributed by atoms with Crippen LogP contribution in [0.15, 0.2) is 24.3 Å². The molecule has 0 radical (unpaired) electrons. The highest BCUT2D eigenvalue weighted by Gasteiger charge is 2.32. The van der Waals surface area contributed by atoms with Gasteiger partial charge in [0.05, 0.1) is 11.4 Å². The Hall–Kier alpha value is -1.55. The molecule has 0 saturated heterocycles. The summed E-state index contributed by atoms with van der Waals surface area (Å²) < 4.78 is 0. The molecule has 5 heteroatoms. The molecule has 0 aliphatic heterocycles. The van der Waals surface area contributed by atoms with Crippen molar-refractivity contribution < 1.29 is 9.59 Å². The minimum absolute atomic E-state index is 0.106. The number of benzene rings is 1. The standard InChI is InChI=1S/C17H25ClN2O2/c1-5-17(4,15(21)12-18)19-16(22)13-8-10-14(11-9-13)20(6-2)7-3/h8-11H,5-7,12H2,1-4H3,(H,19,22). The molecule has 0 aliphatic rings. The molecule has 4 nitrogen and oxygen atoms in total. The first-order valence-electron chi connectivity index (χ1n) is 7.68. The van der Waals surface area contributed by atoms with Crippen LogP contribution in [0.2, 0.25) is 0 Å². The molecule has 0 fully saturated rings. The van der Waals surface area contributed by atoms with Gasteiger partial charge in [0.1, 0.15) is 0 Å². The largest absolute Gasteiger partial charge is 0.372 e. The molecule has 1 aromatic rings. The number of ketones is 1. The molecule has 1 N–H and O–H groups in total. The van der Waals surface area contributed by atoms with E-state index in [9.17, 15) is 9.59 Å². The van der Waals surface area contributed by atoms with Gasteiger partial charge in [-0.1, -0.05) is 6.92 Å². The fourth-order valence-corrected chi connectivity index (χ4v) is 2.53. The Kier molecular flexibility index (Phi) is 6.88. The molecule has 0 aliphatic carbocycles.